The lowest BCUT2D eigenvalue weighted by Gasteiger charge is -2.28. The number of halogens is 2. The minimum atomic E-state index is -2.93. The SMILES string of the molecule is CC([C@H]1COCCO1)n1ncc2ncc(Nc3cc(OC(F)F)[nH]n3)nc21. The quantitative estimate of drug-likeness (QED) is 0.666. The van der Waals surface area contributed by atoms with Crippen LogP contribution in [0.2, 0.25) is 0 Å². The van der Waals surface area contributed by atoms with Crippen LogP contribution in [0.5, 0.6) is 5.88 Å². The van der Waals surface area contributed by atoms with Crippen molar-refractivity contribution in [1.82, 2.24) is 29.9 Å². The molecular weight excluding hydrogens is 364 g/mol. The van der Waals surface area contributed by atoms with E-state index in [1.54, 1.807) is 10.9 Å². The Labute approximate surface area is 151 Å². The molecule has 12 heteroatoms. The number of nitrogens with one attached hydrogen (secondary N) is 2. The molecule has 1 unspecified atom stereocenters. The highest BCUT2D eigenvalue weighted by Crippen LogP contribution is 2.23. The second-order valence-corrected chi connectivity index (χ2v) is 5.90. The van der Waals surface area contributed by atoms with Crippen LogP contribution in [0.25, 0.3) is 11.2 Å². The summed E-state index contributed by atoms with van der Waals surface area (Å²) in [6.07, 6.45) is 2.98. The van der Waals surface area contributed by atoms with E-state index >= 15 is 0 Å². The highest BCUT2D eigenvalue weighted by Gasteiger charge is 2.25. The number of ether oxygens (including phenoxy) is 3. The number of hydrogen-bond acceptors (Lipinski definition) is 8. The standard InChI is InChI=1S/C15H17F2N7O3/c1-8(10-7-25-2-3-26-10)24-14-9(5-19-24)18-6-12(21-14)20-11-4-13(23-22-11)27-15(16)17/h4-6,8,10,15H,2-3,7H2,1H3,(H2,20,21,22,23)/t8?,10-/m1/s1. The molecule has 1 fully saturated rings. The van der Waals surface area contributed by atoms with E-state index in [0.717, 1.165) is 0 Å². The third kappa shape index (κ3) is 3.80. The average molecular weight is 381 g/mol. The number of nitrogens with zero attached hydrogens (tertiary/aromatic N) is 5. The molecule has 1 aliphatic rings. The molecule has 1 aliphatic heterocycles. The summed E-state index contributed by atoms with van der Waals surface area (Å²) in [4.78, 5) is 8.82. The van der Waals surface area contributed by atoms with Gasteiger partial charge in [0, 0.05) is 6.07 Å². The van der Waals surface area contributed by atoms with Gasteiger partial charge in [-0.15, -0.1) is 0 Å². The summed E-state index contributed by atoms with van der Waals surface area (Å²) in [5.74, 6) is 0.490. The number of rotatable bonds is 6. The fraction of sp³-hybridized carbons (Fsp3) is 0.467. The Bertz CT molecular complexity index is 910. The summed E-state index contributed by atoms with van der Waals surface area (Å²) in [7, 11) is 0. The summed E-state index contributed by atoms with van der Waals surface area (Å²) in [5.41, 5.74) is 1.18. The third-order valence-corrected chi connectivity index (χ3v) is 4.09. The van der Waals surface area contributed by atoms with Crippen molar-refractivity contribution in [1.29, 1.82) is 0 Å². The predicted molar refractivity (Wildman–Crippen MR) is 89.1 cm³/mol. The lowest BCUT2D eigenvalue weighted by Crippen LogP contribution is -2.35. The molecule has 0 radical (unpaired) electrons. The van der Waals surface area contributed by atoms with E-state index in [0.29, 0.717) is 36.8 Å². The molecule has 2 atom stereocenters. The van der Waals surface area contributed by atoms with Gasteiger partial charge in [0.1, 0.15) is 11.6 Å². The van der Waals surface area contributed by atoms with Crippen LogP contribution in [0, 0.1) is 0 Å². The molecule has 2 N–H and O–H groups in total. The Morgan fingerprint density at radius 2 is 2.22 bits per heavy atom. The number of fused-ring (bicyclic) bond motifs is 1. The first-order valence-corrected chi connectivity index (χ1v) is 8.27. The van der Waals surface area contributed by atoms with Crippen LogP contribution in [0.3, 0.4) is 0 Å². The van der Waals surface area contributed by atoms with Gasteiger partial charge < -0.3 is 19.5 Å². The summed E-state index contributed by atoms with van der Waals surface area (Å²) in [6.45, 7) is 0.632. The van der Waals surface area contributed by atoms with Crippen molar-refractivity contribution >= 4 is 22.8 Å². The van der Waals surface area contributed by atoms with Gasteiger partial charge in [0.25, 0.3) is 0 Å². The largest absolute Gasteiger partial charge is 0.417 e. The zero-order valence-corrected chi connectivity index (χ0v) is 14.3. The third-order valence-electron chi connectivity index (χ3n) is 4.09. The fourth-order valence-electron chi connectivity index (χ4n) is 2.78. The van der Waals surface area contributed by atoms with Gasteiger partial charge in [-0.05, 0) is 6.92 Å². The van der Waals surface area contributed by atoms with Gasteiger partial charge in [-0.25, -0.2) is 19.7 Å². The van der Waals surface area contributed by atoms with Crippen LogP contribution >= 0.6 is 0 Å². The van der Waals surface area contributed by atoms with Crippen LogP contribution in [-0.2, 0) is 9.47 Å². The summed E-state index contributed by atoms with van der Waals surface area (Å²) < 4.78 is 41.6. The Morgan fingerprint density at radius 3 is 3.00 bits per heavy atom. The summed E-state index contributed by atoms with van der Waals surface area (Å²) in [5, 5.41) is 13.4. The molecule has 0 spiro atoms. The molecule has 144 valence electrons. The first-order chi connectivity index (χ1) is 13.1. The molecule has 0 aromatic carbocycles. The van der Waals surface area contributed by atoms with Crippen LogP contribution in [0.4, 0.5) is 20.4 Å². The van der Waals surface area contributed by atoms with Gasteiger partial charge in [-0.3, -0.25) is 0 Å². The van der Waals surface area contributed by atoms with Gasteiger partial charge in [0.2, 0.25) is 5.88 Å². The van der Waals surface area contributed by atoms with E-state index in [1.807, 2.05) is 6.92 Å². The van der Waals surface area contributed by atoms with Crippen molar-refractivity contribution in [2.75, 3.05) is 25.1 Å². The molecule has 4 rings (SSSR count). The average Bonchev–Trinajstić information content (AvgIpc) is 3.28. The first-order valence-electron chi connectivity index (χ1n) is 8.27. The number of aromatic nitrogens is 6. The summed E-state index contributed by atoms with van der Waals surface area (Å²) >= 11 is 0. The van der Waals surface area contributed by atoms with Crippen molar-refractivity contribution in [2.24, 2.45) is 0 Å². The van der Waals surface area contributed by atoms with Gasteiger partial charge in [-0.1, -0.05) is 0 Å². The number of anilines is 2. The van der Waals surface area contributed by atoms with E-state index in [9.17, 15) is 8.78 Å². The topological polar surface area (TPSA) is 112 Å². The number of aromatic amines is 1. The summed E-state index contributed by atoms with van der Waals surface area (Å²) in [6, 6.07) is 1.19. The molecule has 27 heavy (non-hydrogen) atoms. The molecule has 3 aromatic heterocycles. The van der Waals surface area contributed by atoms with Crippen molar-refractivity contribution in [2.45, 2.75) is 25.7 Å². The second-order valence-electron chi connectivity index (χ2n) is 5.90. The molecular formula is C15H17F2N7O3. The molecule has 3 aromatic rings. The van der Waals surface area contributed by atoms with Gasteiger partial charge in [-0.2, -0.15) is 19.0 Å². The molecule has 4 heterocycles. The normalized spacial score (nSPS) is 18.7. The maximum atomic E-state index is 12.2. The maximum absolute atomic E-state index is 12.2. The monoisotopic (exact) mass is 381 g/mol. The fourth-order valence-corrected chi connectivity index (χ4v) is 2.78. The lowest BCUT2D eigenvalue weighted by atomic mass is 10.2. The molecule has 10 nitrogen and oxygen atoms in total. The predicted octanol–water partition coefficient (Wildman–Crippen LogP) is 1.87. The Hall–Kier alpha value is -2.86. The Morgan fingerprint density at radius 1 is 1.33 bits per heavy atom. The number of alkyl halides is 2. The minimum Gasteiger partial charge on any atom is -0.417 e. The molecule has 0 amide bonds. The van der Waals surface area contributed by atoms with Crippen LogP contribution < -0.4 is 10.1 Å². The van der Waals surface area contributed by atoms with E-state index in [1.165, 1.54) is 12.3 Å². The minimum absolute atomic E-state index is 0.108. The zero-order chi connectivity index (χ0) is 18.8. The van der Waals surface area contributed by atoms with Crippen molar-refractivity contribution in [3.8, 4) is 5.88 Å². The molecule has 1 saturated heterocycles. The highest BCUT2D eigenvalue weighted by atomic mass is 19.3. The smallest absolute Gasteiger partial charge is 0.388 e. The highest BCUT2D eigenvalue weighted by molar-refractivity contribution is 5.72. The molecule has 0 bridgehead atoms. The van der Waals surface area contributed by atoms with Gasteiger partial charge in [0.15, 0.2) is 17.3 Å². The van der Waals surface area contributed by atoms with Crippen LogP contribution in [0.15, 0.2) is 18.5 Å². The first kappa shape index (κ1) is 17.5. The number of H-pyrrole nitrogens is 1. The molecule has 0 saturated carbocycles. The van der Waals surface area contributed by atoms with Gasteiger partial charge in [0.05, 0.1) is 38.3 Å². The Kier molecular flexibility index (Phi) is 4.81. The van der Waals surface area contributed by atoms with E-state index < -0.39 is 6.61 Å². The Balaban J connectivity index is 1.55. The van der Waals surface area contributed by atoms with Crippen molar-refractivity contribution in [3.05, 3.63) is 18.5 Å². The van der Waals surface area contributed by atoms with Crippen LogP contribution in [0.1, 0.15) is 13.0 Å². The lowest BCUT2D eigenvalue weighted by molar-refractivity contribution is -0.106. The molecule has 0 aliphatic carbocycles. The maximum Gasteiger partial charge on any atom is 0.388 e. The number of hydrogen-bond donors (Lipinski definition) is 2. The van der Waals surface area contributed by atoms with Crippen molar-refractivity contribution in [3.63, 3.8) is 0 Å². The second kappa shape index (κ2) is 7.40. The zero-order valence-electron chi connectivity index (χ0n) is 14.3. The van der Waals surface area contributed by atoms with Crippen LogP contribution in [-0.4, -0.2) is 62.5 Å². The van der Waals surface area contributed by atoms with Gasteiger partial charge >= 0.3 is 6.61 Å². The van der Waals surface area contributed by atoms with Crippen molar-refractivity contribution < 1.29 is 23.0 Å². The van der Waals surface area contributed by atoms with E-state index in [4.69, 9.17) is 9.47 Å². The van der Waals surface area contributed by atoms with E-state index in [-0.39, 0.29) is 23.8 Å². The van der Waals surface area contributed by atoms with E-state index in [2.05, 4.69) is 35.3 Å².